The SMILES string of the molecule is CC(C)CC(N)C(=O)O[C@H]1COC2C1OC[C@H]2OC(=O)C(O)CC(C)C. The maximum atomic E-state index is 12.1. The van der Waals surface area contributed by atoms with Gasteiger partial charge >= 0.3 is 11.9 Å². The summed E-state index contributed by atoms with van der Waals surface area (Å²) in [5, 5.41) is 9.85. The molecule has 26 heavy (non-hydrogen) atoms. The molecule has 8 heteroatoms. The zero-order valence-electron chi connectivity index (χ0n) is 15.9. The molecule has 4 unspecified atom stereocenters. The van der Waals surface area contributed by atoms with Gasteiger partial charge in [0.05, 0.1) is 13.2 Å². The monoisotopic (exact) mass is 373 g/mol. The highest BCUT2D eigenvalue weighted by molar-refractivity contribution is 5.76. The number of aliphatic hydroxyl groups excluding tert-OH is 1. The van der Waals surface area contributed by atoms with Crippen LogP contribution >= 0.6 is 0 Å². The van der Waals surface area contributed by atoms with Crippen LogP contribution in [0.25, 0.3) is 0 Å². The molecule has 2 rings (SSSR count). The maximum Gasteiger partial charge on any atom is 0.335 e. The molecule has 6 atom stereocenters. The van der Waals surface area contributed by atoms with Crippen molar-refractivity contribution in [3.05, 3.63) is 0 Å². The van der Waals surface area contributed by atoms with E-state index in [1.54, 1.807) is 0 Å². The molecule has 0 radical (unpaired) electrons. The Balaban J connectivity index is 1.85. The third-order valence-corrected chi connectivity index (χ3v) is 4.49. The van der Waals surface area contributed by atoms with Crippen molar-refractivity contribution in [1.82, 2.24) is 0 Å². The molecule has 2 heterocycles. The predicted molar refractivity (Wildman–Crippen MR) is 92.1 cm³/mol. The van der Waals surface area contributed by atoms with Crippen LogP contribution in [0.3, 0.4) is 0 Å². The highest BCUT2D eigenvalue weighted by Gasteiger charge is 2.51. The summed E-state index contributed by atoms with van der Waals surface area (Å²) in [6.07, 6.45) is -2.50. The summed E-state index contributed by atoms with van der Waals surface area (Å²) in [5.41, 5.74) is 5.85. The fourth-order valence-corrected chi connectivity index (χ4v) is 3.24. The molecule has 0 aromatic heterocycles. The van der Waals surface area contributed by atoms with Gasteiger partial charge in [-0.25, -0.2) is 4.79 Å². The molecular formula is C18H31NO7. The fraction of sp³-hybridized carbons (Fsp3) is 0.889. The minimum Gasteiger partial charge on any atom is -0.456 e. The van der Waals surface area contributed by atoms with Gasteiger partial charge in [-0.3, -0.25) is 4.79 Å². The second-order valence-electron chi connectivity index (χ2n) is 7.93. The van der Waals surface area contributed by atoms with Crippen molar-refractivity contribution in [3.8, 4) is 0 Å². The molecule has 0 aromatic carbocycles. The Bertz CT molecular complexity index is 452. The van der Waals surface area contributed by atoms with E-state index in [0.29, 0.717) is 12.8 Å². The van der Waals surface area contributed by atoms with E-state index in [9.17, 15) is 14.7 Å². The lowest BCUT2D eigenvalue weighted by molar-refractivity contribution is -0.164. The molecule has 0 saturated carbocycles. The van der Waals surface area contributed by atoms with Crippen LogP contribution in [0.15, 0.2) is 0 Å². The van der Waals surface area contributed by atoms with Crippen molar-refractivity contribution < 1.29 is 33.6 Å². The van der Waals surface area contributed by atoms with E-state index in [-0.39, 0.29) is 25.0 Å². The molecule has 0 bridgehead atoms. The topological polar surface area (TPSA) is 117 Å². The molecule has 8 nitrogen and oxygen atoms in total. The highest BCUT2D eigenvalue weighted by atomic mass is 16.7. The zero-order chi connectivity index (χ0) is 19.4. The second kappa shape index (κ2) is 9.12. The lowest BCUT2D eigenvalue weighted by atomic mass is 10.0. The Hall–Kier alpha value is -1.22. The average molecular weight is 373 g/mol. The fourth-order valence-electron chi connectivity index (χ4n) is 3.24. The van der Waals surface area contributed by atoms with Crippen LogP contribution in [0.4, 0.5) is 0 Å². The molecule has 2 aliphatic rings. The van der Waals surface area contributed by atoms with Crippen molar-refractivity contribution in [2.75, 3.05) is 13.2 Å². The van der Waals surface area contributed by atoms with Crippen molar-refractivity contribution in [2.45, 2.75) is 77.1 Å². The van der Waals surface area contributed by atoms with Gasteiger partial charge in [-0.1, -0.05) is 27.7 Å². The quantitative estimate of drug-likeness (QED) is 0.587. The summed E-state index contributed by atoms with van der Waals surface area (Å²) in [7, 11) is 0. The van der Waals surface area contributed by atoms with Crippen LogP contribution in [0, 0.1) is 11.8 Å². The summed E-state index contributed by atoms with van der Waals surface area (Å²) in [6.45, 7) is 8.09. The van der Waals surface area contributed by atoms with Crippen molar-refractivity contribution in [2.24, 2.45) is 17.6 Å². The Kier molecular flexibility index (Phi) is 7.40. The Morgan fingerprint density at radius 2 is 1.42 bits per heavy atom. The molecule has 2 aliphatic heterocycles. The smallest absolute Gasteiger partial charge is 0.335 e. The first-order chi connectivity index (χ1) is 12.2. The molecule has 0 amide bonds. The van der Waals surface area contributed by atoms with Crippen LogP contribution in [-0.2, 0) is 28.5 Å². The number of nitrogens with two attached hydrogens (primary N) is 1. The molecule has 2 fully saturated rings. The van der Waals surface area contributed by atoms with Crippen LogP contribution in [0.5, 0.6) is 0 Å². The summed E-state index contributed by atoms with van der Waals surface area (Å²) in [5.74, 6) is -0.707. The van der Waals surface area contributed by atoms with Gasteiger partial charge in [0, 0.05) is 0 Å². The summed E-state index contributed by atoms with van der Waals surface area (Å²) >= 11 is 0. The van der Waals surface area contributed by atoms with E-state index in [0.717, 1.165) is 0 Å². The molecule has 0 aromatic rings. The van der Waals surface area contributed by atoms with Crippen molar-refractivity contribution >= 4 is 11.9 Å². The van der Waals surface area contributed by atoms with Crippen LogP contribution < -0.4 is 5.73 Å². The van der Waals surface area contributed by atoms with E-state index in [2.05, 4.69) is 0 Å². The minimum atomic E-state index is -1.17. The number of aliphatic hydroxyl groups is 1. The van der Waals surface area contributed by atoms with E-state index in [1.165, 1.54) is 0 Å². The number of hydrogen-bond acceptors (Lipinski definition) is 8. The first-order valence-electron chi connectivity index (χ1n) is 9.26. The van der Waals surface area contributed by atoms with E-state index in [1.807, 2.05) is 27.7 Å². The lowest BCUT2D eigenvalue weighted by Gasteiger charge is -2.20. The minimum absolute atomic E-state index is 0.140. The number of carbonyl (C=O) groups is 2. The number of carbonyl (C=O) groups excluding carboxylic acids is 2. The van der Waals surface area contributed by atoms with E-state index < -0.39 is 48.5 Å². The van der Waals surface area contributed by atoms with Gasteiger partial charge in [-0.15, -0.1) is 0 Å². The number of hydrogen-bond donors (Lipinski definition) is 2. The first kappa shape index (κ1) is 21.1. The largest absolute Gasteiger partial charge is 0.456 e. The van der Waals surface area contributed by atoms with Gasteiger partial charge in [0.15, 0.2) is 18.3 Å². The van der Waals surface area contributed by atoms with Gasteiger partial charge in [-0.05, 0) is 24.7 Å². The van der Waals surface area contributed by atoms with E-state index in [4.69, 9.17) is 24.7 Å². The van der Waals surface area contributed by atoms with Gasteiger partial charge < -0.3 is 29.8 Å². The van der Waals surface area contributed by atoms with Crippen LogP contribution in [0.2, 0.25) is 0 Å². The third-order valence-electron chi connectivity index (χ3n) is 4.49. The molecule has 2 saturated heterocycles. The summed E-state index contributed by atoms with van der Waals surface area (Å²) in [6, 6.07) is -0.685. The molecule has 0 spiro atoms. The number of fused-ring (bicyclic) bond motifs is 1. The highest BCUT2D eigenvalue weighted by Crippen LogP contribution is 2.31. The van der Waals surface area contributed by atoms with Crippen molar-refractivity contribution in [3.63, 3.8) is 0 Å². The van der Waals surface area contributed by atoms with Gasteiger partial charge in [0.2, 0.25) is 0 Å². The normalized spacial score (nSPS) is 30.3. The van der Waals surface area contributed by atoms with Crippen molar-refractivity contribution in [1.29, 1.82) is 0 Å². The Morgan fingerprint density at radius 1 is 0.962 bits per heavy atom. The van der Waals surface area contributed by atoms with Gasteiger partial charge in [0.1, 0.15) is 18.2 Å². The number of esters is 2. The van der Waals surface area contributed by atoms with Gasteiger partial charge in [-0.2, -0.15) is 0 Å². The molecule has 150 valence electrons. The Labute approximate surface area is 154 Å². The van der Waals surface area contributed by atoms with Gasteiger partial charge in [0.25, 0.3) is 0 Å². The molecule has 3 N–H and O–H groups in total. The molecule has 0 aliphatic carbocycles. The number of rotatable bonds is 8. The maximum absolute atomic E-state index is 12.1. The Morgan fingerprint density at radius 3 is 1.88 bits per heavy atom. The third kappa shape index (κ3) is 5.39. The standard InChI is InChI=1S/C18H31NO7/c1-9(2)5-11(19)17(21)25-13-7-23-16-14(8-24-15(13)16)26-18(22)12(20)6-10(3)4/h9-16,20H,5-8,19H2,1-4H3/t11?,12?,13-,14+,15?,16?/m0/s1. The van der Waals surface area contributed by atoms with E-state index >= 15 is 0 Å². The first-order valence-corrected chi connectivity index (χ1v) is 9.26. The second-order valence-corrected chi connectivity index (χ2v) is 7.93. The lowest BCUT2D eigenvalue weighted by Crippen LogP contribution is -2.41. The zero-order valence-corrected chi connectivity index (χ0v) is 15.9. The summed E-state index contributed by atoms with van der Waals surface area (Å²) in [4.78, 5) is 24.1. The predicted octanol–water partition coefficient (Wildman–Crippen LogP) is 0.388. The van der Waals surface area contributed by atoms with Crippen LogP contribution in [0.1, 0.15) is 40.5 Å². The molecular weight excluding hydrogens is 342 g/mol. The number of ether oxygens (including phenoxy) is 4. The summed E-state index contributed by atoms with van der Waals surface area (Å²) < 4.78 is 22.0. The average Bonchev–Trinajstić information content (AvgIpc) is 3.09. The van der Waals surface area contributed by atoms with Crippen LogP contribution in [-0.4, -0.2) is 66.8 Å².